The zero-order chi connectivity index (χ0) is 10.7. The van der Waals surface area contributed by atoms with E-state index in [0.29, 0.717) is 0 Å². The molecule has 0 spiro atoms. The van der Waals surface area contributed by atoms with Gasteiger partial charge in [-0.1, -0.05) is 0 Å². The third-order valence-corrected chi connectivity index (χ3v) is 0.780. The van der Waals surface area contributed by atoms with E-state index in [1.807, 2.05) is 13.8 Å². The van der Waals surface area contributed by atoms with Gasteiger partial charge in [-0.3, -0.25) is 0 Å². The van der Waals surface area contributed by atoms with E-state index in [1.165, 1.54) is 0 Å². The lowest BCUT2D eigenvalue weighted by molar-refractivity contribution is 0.0584. The lowest BCUT2D eigenvalue weighted by Crippen LogP contribution is -2.10. The van der Waals surface area contributed by atoms with Crippen molar-refractivity contribution in [2.24, 2.45) is 0 Å². The second kappa shape index (κ2) is 9.96. The summed E-state index contributed by atoms with van der Waals surface area (Å²) in [5, 5.41) is 8.52. The Morgan fingerprint density at radius 3 is 1.31 bits per heavy atom. The van der Waals surface area contributed by atoms with Gasteiger partial charge in [-0.15, -0.1) is 0 Å². The lowest BCUT2D eigenvalue weighted by Gasteiger charge is -2.04. The molecule has 0 atom stereocenters. The van der Waals surface area contributed by atoms with Crippen molar-refractivity contribution in [2.75, 3.05) is 26.4 Å². The van der Waals surface area contributed by atoms with E-state index in [2.05, 4.69) is 0 Å². The zero-order valence-electron chi connectivity index (χ0n) is 9.59. The molecule has 3 heteroatoms. The Morgan fingerprint density at radius 2 is 1.15 bits per heavy atom. The molecule has 0 heterocycles. The summed E-state index contributed by atoms with van der Waals surface area (Å²) in [6.07, 6.45) is 0. The molecule has 0 aliphatic heterocycles. The molecule has 0 aliphatic rings. The number of hydrogen-bond donors (Lipinski definition) is 1. The molecule has 0 radical (unpaired) electrons. The van der Waals surface area contributed by atoms with Crippen molar-refractivity contribution < 1.29 is 14.6 Å². The van der Waals surface area contributed by atoms with E-state index in [-0.39, 0.29) is 0 Å². The third-order valence-electron chi connectivity index (χ3n) is 0.780. The maximum atomic E-state index is 8.52. The van der Waals surface area contributed by atoms with Crippen molar-refractivity contribution in [3.05, 3.63) is 0 Å². The Labute approximate surface area is 82.1 Å². The normalized spacial score (nSPS) is 10.6. The summed E-state index contributed by atoms with van der Waals surface area (Å²) in [7, 11) is 0. The van der Waals surface area contributed by atoms with Gasteiger partial charge in [0.15, 0.2) is 0 Å². The molecule has 3 nitrogen and oxygen atoms in total. The molecule has 0 saturated heterocycles. The summed E-state index contributed by atoms with van der Waals surface area (Å²) in [5.74, 6) is 0. The molecule has 0 amide bonds. The van der Waals surface area contributed by atoms with Gasteiger partial charge in [-0.25, -0.2) is 0 Å². The minimum absolute atomic E-state index is 0.500. The first-order valence-corrected chi connectivity index (χ1v) is 4.79. The Bertz CT molecular complexity index is 74.7. The van der Waals surface area contributed by atoms with Crippen LogP contribution >= 0.6 is 0 Å². The van der Waals surface area contributed by atoms with Crippen LogP contribution in [0.5, 0.6) is 0 Å². The molecule has 0 aromatic heterocycles. The highest BCUT2D eigenvalue weighted by Gasteiger charge is 1.97. The summed E-state index contributed by atoms with van der Waals surface area (Å²) < 4.78 is 10.0. The van der Waals surface area contributed by atoms with Gasteiger partial charge in [0, 0.05) is 13.2 Å². The minimum atomic E-state index is -0.500. The third kappa shape index (κ3) is 48.7. The smallest absolute Gasteiger partial charge is 0.0700 e. The van der Waals surface area contributed by atoms with Crippen LogP contribution in [0.3, 0.4) is 0 Å². The van der Waals surface area contributed by atoms with E-state index in [1.54, 1.807) is 20.8 Å². The summed E-state index contributed by atoms with van der Waals surface area (Å²) in [6.45, 7) is 12.2. The highest BCUT2D eigenvalue weighted by Crippen LogP contribution is 1.93. The van der Waals surface area contributed by atoms with Crippen LogP contribution < -0.4 is 0 Å². The van der Waals surface area contributed by atoms with Crippen LogP contribution in [-0.2, 0) is 9.47 Å². The summed E-state index contributed by atoms with van der Waals surface area (Å²) in [4.78, 5) is 0. The summed E-state index contributed by atoms with van der Waals surface area (Å²) >= 11 is 0. The Hall–Kier alpha value is -0.120. The van der Waals surface area contributed by atoms with E-state index in [4.69, 9.17) is 14.6 Å². The Kier molecular flexibility index (Phi) is 11.8. The van der Waals surface area contributed by atoms with Gasteiger partial charge in [0.1, 0.15) is 0 Å². The van der Waals surface area contributed by atoms with Crippen molar-refractivity contribution in [2.45, 2.75) is 40.2 Å². The van der Waals surface area contributed by atoms with Gasteiger partial charge in [-0.05, 0) is 34.6 Å². The molecular formula is C10H24O3. The second-order valence-electron chi connectivity index (χ2n) is 3.56. The van der Waals surface area contributed by atoms with E-state index < -0.39 is 5.60 Å². The van der Waals surface area contributed by atoms with Gasteiger partial charge in [-0.2, -0.15) is 0 Å². The quantitative estimate of drug-likeness (QED) is 0.675. The maximum absolute atomic E-state index is 8.52. The molecular weight excluding hydrogens is 168 g/mol. The van der Waals surface area contributed by atoms with Gasteiger partial charge < -0.3 is 14.6 Å². The Morgan fingerprint density at radius 1 is 0.923 bits per heavy atom. The highest BCUT2D eigenvalue weighted by molar-refractivity contribution is 4.50. The fourth-order valence-corrected chi connectivity index (χ4v) is 0.407. The predicted octanol–water partition coefficient (Wildman–Crippen LogP) is 1.84. The minimum Gasteiger partial charge on any atom is -0.391 e. The molecule has 0 rings (SSSR count). The van der Waals surface area contributed by atoms with Crippen LogP contribution in [0.4, 0.5) is 0 Å². The largest absolute Gasteiger partial charge is 0.391 e. The fourth-order valence-electron chi connectivity index (χ4n) is 0.407. The number of hydrogen-bond acceptors (Lipinski definition) is 3. The van der Waals surface area contributed by atoms with Crippen molar-refractivity contribution >= 4 is 0 Å². The van der Waals surface area contributed by atoms with Crippen LogP contribution in [-0.4, -0.2) is 37.1 Å². The molecule has 1 N–H and O–H groups in total. The Balaban J connectivity index is 0. The lowest BCUT2D eigenvalue weighted by atomic mass is 10.2. The van der Waals surface area contributed by atoms with E-state index in [0.717, 1.165) is 26.4 Å². The summed E-state index contributed by atoms with van der Waals surface area (Å²) in [6, 6.07) is 0. The van der Waals surface area contributed by atoms with Gasteiger partial charge in [0.2, 0.25) is 0 Å². The fraction of sp³-hybridized carbons (Fsp3) is 1.00. The van der Waals surface area contributed by atoms with Crippen molar-refractivity contribution in [1.82, 2.24) is 0 Å². The van der Waals surface area contributed by atoms with Crippen molar-refractivity contribution in [1.29, 1.82) is 0 Å². The molecule has 0 saturated carbocycles. The maximum Gasteiger partial charge on any atom is 0.0700 e. The number of ether oxygens (including phenoxy) is 2. The van der Waals surface area contributed by atoms with Crippen LogP contribution in [0, 0.1) is 0 Å². The predicted molar refractivity (Wildman–Crippen MR) is 55.0 cm³/mol. The van der Waals surface area contributed by atoms with Gasteiger partial charge in [0.05, 0.1) is 18.8 Å². The molecule has 82 valence electrons. The SMILES string of the molecule is CC(C)(C)O.CCOCCOCC. The number of aliphatic hydroxyl groups is 1. The highest BCUT2D eigenvalue weighted by atomic mass is 16.5. The van der Waals surface area contributed by atoms with Crippen LogP contribution in [0.15, 0.2) is 0 Å². The van der Waals surface area contributed by atoms with E-state index >= 15 is 0 Å². The first kappa shape index (κ1) is 15.4. The second-order valence-corrected chi connectivity index (χ2v) is 3.56. The molecule has 0 aromatic rings. The zero-order valence-corrected chi connectivity index (χ0v) is 9.59. The standard InChI is InChI=1S/C6H14O2.C4H10O/c1-3-7-5-6-8-4-2;1-4(2,3)5/h3-6H2,1-2H3;5H,1-3H3. The molecule has 0 fully saturated rings. The van der Waals surface area contributed by atoms with Crippen molar-refractivity contribution in [3.8, 4) is 0 Å². The first-order chi connectivity index (χ1) is 5.91. The molecule has 0 unspecified atom stereocenters. The van der Waals surface area contributed by atoms with Crippen LogP contribution in [0.2, 0.25) is 0 Å². The van der Waals surface area contributed by atoms with E-state index in [9.17, 15) is 0 Å². The van der Waals surface area contributed by atoms with Crippen LogP contribution in [0.25, 0.3) is 0 Å². The average Bonchev–Trinajstić information content (AvgIpc) is 1.95. The van der Waals surface area contributed by atoms with Crippen LogP contribution in [0.1, 0.15) is 34.6 Å². The van der Waals surface area contributed by atoms with Crippen molar-refractivity contribution in [3.63, 3.8) is 0 Å². The first-order valence-electron chi connectivity index (χ1n) is 4.79. The topological polar surface area (TPSA) is 38.7 Å². The summed E-state index contributed by atoms with van der Waals surface area (Å²) in [5.41, 5.74) is -0.500. The van der Waals surface area contributed by atoms with Gasteiger partial charge >= 0.3 is 0 Å². The van der Waals surface area contributed by atoms with Gasteiger partial charge in [0.25, 0.3) is 0 Å². The molecule has 0 bridgehead atoms. The molecule has 13 heavy (non-hydrogen) atoms. The number of rotatable bonds is 5. The average molecular weight is 192 g/mol. The molecule has 0 aliphatic carbocycles. The monoisotopic (exact) mass is 192 g/mol. The molecule has 0 aromatic carbocycles.